The molecule has 6 unspecified atom stereocenters. The van der Waals surface area contributed by atoms with Crippen LogP contribution in [0.3, 0.4) is 0 Å². The molecule has 182 valence electrons. The van der Waals surface area contributed by atoms with Crippen LogP contribution in [-0.4, -0.2) is 29.1 Å². The van der Waals surface area contributed by atoms with Crippen molar-refractivity contribution in [2.75, 3.05) is 0 Å². The van der Waals surface area contributed by atoms with Crippen LogP contribution in [0.4, 0.5) is 8.78 Å². The molecule has 1 amide bonds. The summed E-state index contributed by atoms with van der Waals surface area (Å²) in [5, 5.41) is 3.22. The van der Waals surface area contributed by atoms with Crippen LogP contribution in [0.1, 0.15) is 62.2 Å². The first kappa shape index (κ1) is 23.2. The molecule has 2 aliphatic carbocycles. The number of carbonyl (C=O) groups is 1. The molecule has 2 heterocycles. The molecule has 0 spiro atoms. The van der Waals surface area contributed by atoms with Gasteiger partial charge in [-0.05, 0) is 81.2 Å². The van der Waals surface area contributed by atoms with Crippen molar-refractivity contribution in [3.63, 3.8) is 0 Å². The van der Waals surface area contributed by atoms with Gasteiger partial charge in [0.1, 0.15) is 6.10 Å². The molecule has 0 bridgehead atoms. The Morgan fingerprint density at radius 1 is 1.09 bits per heavy atom. The summed E-state index contributed by atoms with van der Waals surface area (Å²) in [6.45, 7) is 1.99. The van der Waals surface area contributed by atoms with E-state index >= 15 is 0 Å². The largest absolute Gasteiger partial charge is 0.484 e. The maximum Gasteiger partial charge on any atom is 0.223 e. The molecule has 34 heavy (non-hydrogen) atoms. The number of rotatable bonds is 5. The van der Waals surface area contributed by atoms with Gasteiger partial charge in [0.25, 0.3) is 0 Å². The topological polar surface area (TPSA) is 75.3 Å². The van der Waals surface area contributed by atoms with E-state index in [4.69, 9.17) is 4.74 Å². The van der Waals surface area contributed by atoms with E-state index in [2.05, 4.69) is 27.2 Å². The normalized spacial score (nSPS) is 31.0. The molecule has 3 N–H and O–H groups in total. The monoisotopic (exact) mass is 470 g/mol. The Balaban J connectivity index is 1.19. The van der Waals surface area contributed by atoms with E-state index in [0.717, 1.165) is 44.2 Å². The lowest BCUT2D eigenvalue weighted by Crippen LogP contribution is -2.46. The number of benzene rings is 1. The third-order valence-corrected chi connectivity index (χ3v) is 7.58. The zero-order chi connectivity index (χ0) is 23.7. The van der Waals surface area contributed by atoms with Crippen LogP contribution < -0.4 is 20.9 Å². The highest BCUT2D eigenvalue weighted by Gasteiger charge is 2.43. The van der Waals surface area contributed by atoms with Crippen molar-refractivity contribution in [3.05, 3.63) is 59.4 Å². The van der Waals surface area contributed by atoms with Crippen LogP contribution in [0.5, 0.6) is 5.75 Å². The van der Waals surface area contributed by atoms with Gasteiger partial charge >= 0.3 is 0 Å². The SMILES string of the molecule is Cc1cc(C2NNC3CCC(C(=O)NC4CCCC(Oc5c(F)cccc5F)C4)CC32)ccn1. The zero-order valence-corrected chi connectivity index (χ0v) is 19.4. The van der Waals surface area contributed by atoms with Crippen molar-refractivity contribution in [1.82, 2.24) is 21.2 Å². The Bertz CT molecular complexity index is 1020. The molecule has 1 aromatic heterocycles. The zero-order valence-electron chi connectivity index (χ0n) is 19.4. The van der Waals surface area contributed by atoms with Crippen molar-refractivity contribution < 1.29 is 18.3 Å². The lowest BCUT2D eigenvalue weighted by molar-refractivity contribution is -0.127. The Hall–Kier alpha value is -2.58. The fourth-order valence-electron chi connectivity index (χ4n) is 5.85. The predicted molar refractivity (Wildman–Crippen MR) is 124 cm³/mol. The first-order valence-electron chi connectivity index (χ1n) is 12.3. The van der Waals surface area contributed by atoms with E-state index in [9.17, 15) is 13.6 Å². The van der Waals surface area contributed by atoms with E-state index in [1.54, 1.807) is 0 Å². The van der Waals surface area contributed by atoms with E-state index in [1.165, 1.54) is 23.8 Å². The number of hydrazine groups is 1. The minimum atomic E-state index is -0.694. The van der Waals surface area contributed by atoms with E-state index in [1.807, 2.05) is 19.2 Å². The van der Waals surface area contributed by atoms with Gasteiger partial charge in [0.2, 0.25) is 5.91 Å². The third kappa shape index (κ3) is 4.93. The number of halogens is 2. The van der Waals surface area contributed by atoms with Gasteiger partial charge in [0, 0.05) is 36.3 Å². The fourth-order valence-corrected chi connectivity index (χ4v) is 5.85. The number of carbonyl (C=O) groups excluding carboxylic acids is 1. The summed E-state index contributed by atoms with van der Waals surface area (Å²) in [4.78, 5) is 17.5. The average molecular weight is 471 g/mol. The quantitative estimate of drug-likeness (QED) is 0.613. The molecule has 1 aliphatic heterocycles. The van der Waals surface area contributed by atoms with Crippen LogP contribution in [0.25, 0.3) is 0 Å². The summed E-state index contributed by atoms with van der Waals surface area (Å²) in [5.74, 6) is -1.34. The molecular weight excluding hydrogens is 438 g/mol. The molecule has 2 saturated carbocycles. The fraction of sp³-hybridized carbons (Fsp3) is 0.538. The van der Waals surface area contributed by atoms with Crippen LogP contribution >= 0.6 is 0 Å². The first-order valence-corrected chi connectivity index (χ1v) is 12.3. The van der Waals surface area contributed by atoms with Gasteiger partial charge in [-0.1, -0.05) is 6.07 Å². The van der Waals surface area contributed by atoms with Crippen molar-refractivity contribution in [2.24, 2.45) is 11.8 Å². The number of pyridine rings is 1. The smallest absolute Gasteiger partial charge is 0.223 e. The second-order valence-corrected chi connectivity index (χ2v) is 9.94. The van der Waals surface area contributed by atoms with Crippen molar-refractivity contribution in [1.29, 1.82) is 0 Å². The Morgan fingerprint density at radius 3 is 2.71 bits per heavy atom. The number of nitrogens with one attached hydrogen (secondary N) is 3. The number of hydrogen-bond acceptors (Lipinski definition) is 5. The molecule has 0 radical (unpaired) electrons. The highest BCUT2D eigenvalue weighted by molar-refractivity contribution is 5.79. The summed E-state index contributed by atoms with van der Waals surface area (Å²) in [6.07, 6.45) is 7.10. The lowest BCUT2D eigenvalue weighted by Gasteiger charge is -2.35. The average Bonchev–Trinajstić information content (AvgIpc) is 3.25. The number of ether oxygens (including phenoxy) is 1. The van der Waals surface area contributed by atoms with Gasteiger partial charge in [-0.25, -0.2) is 14.2 Å². The molecule has 6 atom stereocenters. The maximum absolute atomic E-state index is 14.0. The minimum Gasteiger partial charge on any atom is -0.484 e. The number of para-hydroxylation sites is 1. The van der Waals surface area contributed by atoms with E-state index in [0.29, 0.717) is 18.4 Å². The second kappa shape index (κ2) is 9.96. The number of aryl methyl sites for hydroxylation is 1. The van der Waals surface area contributed by atoms with E-state index in [-0.39, 0.29) is 35.8 Å². The number of aromatic nitrogens is 1. The van der Waals surface area contributed by atoms with Gasteiger partial charge in [-0.2, -0.15) is 0 Å². The standard InChI is InChI=1S/C26H32F2N4O2/c1-15-12-16(10-11-29-15)24-20-13-17(8-9-23(20)31-32-24)26(33)30-18-4-2-5-19(14-18)34-25-21(27)6-3-7-22(25)28/h3,6-7,10-12,17-20,23-24,31-32H,2,4-5,8-9,13-14H2,1H3,(H,30,33). The summed E-state index contributed by atoms with van der Waals surface area (Å²) >= 11 is 0. The highest BCUT2D eigenvalue weighted by Crippen LogP contribution is 2.40. The number of hydrogen-bond donors (Lipinski definition) is 3. The van der Waals surface area contributed by atoms with Crippen LogP contribution in [0, 0.1) is 30.4 Å². The Morgan fingerprint density at radius 2 is 1.91 bits per heavy atom. The molecule has 1 saturated heterocycles. The summed E-state index contributed by atoms with van der Waals surface area (Å²) in [7, 11) is 0. The number of nitrogens with zero attached hydrogens (tertiary/aromatic N) is 1. The van der Waals surface area contributed by atoms with Gasteiger partial charge in [-0.3, -0.25) is 15.2 Å². The lowest BCUT2D eigenvalue weighted by atomic mass is 9.74. The molecule has 6 nitrogen and oxygen atoms in total. The summed E-state index contributed by atoms with van der Waals surface area (Å²) < 4.78 is 33.7. The van der Waals surface area contributed by atoms with Crippen molar-refractivity contribution in [3.8, 4) is 5.75 Å². The van der Waals surface area contributed by atoms with Crippen molar-refractivity contribution in [2.45, 2.75) is 76.1 Å². The molecule has 8 heteroatoms. The van der Waals surface area contributed by atoms with Gasteiger partial charge in [0.05, 0.1) is 6.04 Å². The van der Waals surface area contributed by atoms with Crippen molar-refractivity contribution >= 4 is 5.91 Å². The first-order chi connectivity index (χ1) is 16.5. The molecule has 2 aromatic rings. The molecule has 3 fully saturated rings. The molecule has 5 rings (SSSR count). The molecule has 1 aromatic carbocycles. The third-order valence-electron chi connectivity index (χ3n) is 7.58. The van der Waals surface area contributed by atoms with Gasteiger partial charge in [0.15, 0.2) is 17.4 Å². The van der Waals surface area contributed by atoms with E-state index < -0.39 is 11.6 Å². The van der Waals surface area contributed by atoms with Crippen LogP contribution in [0.2, 0.25) is 0 Å². The maximum atomic E-state index is 14.0. The van der Waals surface area contributed by atoms with Gasteiger partial charge in [-0.15, -0.1) is 0 Å². The number of amides is 1. The summed E-state index contributed by atoms with van der Waals surface area (Å²) in [5.41, 5.74) is 9.04. The second-order valence-electron chi connectivity index (χ2n) is 9.94. The number of fused-ring (bicyclic) bond motifs is 1. The molecular formula is C26H32F2N4O2. The Kier molecular flexibility index (Phi) is 6.79. The minimum absolute atomic E-state index is 0.0429. The van der Waals surface area contributed by atoms with Crippen LogP contribution in [-0.2, 0) is 4.79 Å². The molecule has 3 aliphatic rings. The van der Waals surface area contributed by atoms with Crippen LogP contribution in [0.15, 0.2) is 36.5 Å². The Labute approximate surface area is 198 Å². The summed E-state index contributed by atoms with van der Waals surface area (Å²) in [6, 6.07) is 8.33. The predicted octanol–water partition coefficient (Wildman–Crippen LogP) is 4.11. The highest BCUT2D eigenvalue weighted by atomic mass is 19.1. The van der Waals surface area contributed by atoms with Gasteiger partial charge < -0.3 is 10.1 Å².